The van der Waals surface area contributed by atoms with Crippen molar-refractivity contribution in [2.45, 2.75) is 77.7 Å². The summed E-state index contributed by atoms with van der Waals surface area (Å²) in [6, 6.07) is 2.00. The second kappa shape index (κ2) is 14.2. The minimum Gasteiger partial charge on any atom is -1.00 e. The molecule has 0 saturated carbocycles. The fraction of sp³-hybridized carbons (Fsp3) is 0.750. The van der Waals surface area contributed by atoms with Gasteiger partial charge in [0.2, 0.25) is 0 Å². The Morgan fingerprint density at radius 2 is 1.42 bits per heavy atom. The summed E-state index contributed by atoms with van der Waals surface area (Å²) in [5.41, 5.74) is 0. The molecule has 2 nitrogen and oxygen atoms in total. The molecule has 1 rings (SSSR count). The van der Waals surface area contributed by atoms with Gasteiger partial charge in [-0.1, -0.05) is 63.3 Å². The molecular weight excluding hydrogens is 347 g/mol. The third kappa shape index (κ3) is 11.3. The number of aryl methyl sites for hydroxylation is 1. The van der Waals surface area contributed by atoms with Gasteiger partial charge in [-0.25, -0.2) is 4.57 Å². The summed E-state index contributed by atoms with van der Waals surface area (Å²) in [5, 5.41) is 0. The number of halogens is 1. The molecule has 0 unspecified atom stereocenters. The largest absolute Gasteiger partial charge is 1.00 e. The van der Waals surface area contributed by atoms with Crippen molar-refractivity contribution in [1.82, 2.24) is 4.98 Å². The van der Waals surface area contributed by atoms with E-state index >= 15 is 0 Å². The first-order valence-corrected chi connectivity index (χ1v) is 7.72. The van der Waals surface area contributed by atoms with Gasteiger partial charge in [-0.3, -0.25) is 0 Å². The molecule has 19 heavy (non-hydrogen) atoms. The summed E-state index contributed by atoms with van der Waals surface area (Å²) >= 11 is 0. The van der Waals surface area contributed by atoms with Gasteiger partial charge in [-0.05, 0) is 12.8 Å². The first kappa shape index (κ1) is 18.8. The van der Waals surface area contributed by atoms with Crippen LogP contribution in [0.4, 0.5) is 0 Å². The van der Waals surface area contributed by atoms with E-state index in [-0.39, 0.29) is 24.0 Å². The van der Waals surface area contributed by atoms with Gasteiger partial charge >= 0.3 is 0 Å². The molecule has 110 valence electrons. The van der Waals surface area contributed by atoms with E-state index in [1.807, 2.05) is 18.6 Å². The van der Waals surface area contributed by atoms with Crippen molar-refractivity contribution in [2.75, 3.05) is 0 Å². The highest BCUT2D eigenvalue weighted by Crippen LogP contribution is 2.10. The predicted octanol–water partition coefficient (Wildman–Crippen LogP) is 1.29. The van der Waals surface area contributed by atoms with Crippen molar-refractivity contribution >= 4 is 0 Å². The standard InChI is InChI=1S/C16H29N2.HI/c1-2-3-4-5-6-7-8-9-10-11-14-18-15-12-13-17-16-18;/h12-13,15-16H,2-11,14H2,1H3;1H/q+1;/p-1. The van der Waals surface area contributed by atoms with Crippen LogP contribution >= 0.6 is 0 Å². The summed E-state index contributed by atoms with van der Waals surface area (Å²) in [4.78, 5) is 4.11. The monoisotopic (exact) mass is 376 g/mol. The maximum atomic E-state index is 4.11. The quantitative estimate of drug-likeness (QED) is 0.323. The fourth-order valence-corrected chi connectivity index (χ4v) is 2.28. The smallest absolute Gasteiger partial charge is 0.286 e. The molecule has 0 fully saturated rings. The molecule has 0 atom stereocenters. The minimum absolute atomic E-state index is 0. The molecule has 0 saturated heterocycles. The zero-order valence-corrected chi connectivity index (χ0v) is 14.5. The van der Waals surface area contributed by atoms with E-state index < -0.39 is 0 Å². The van der Waals surface area contributed by atoms with Crippen LogP contribution < -0.4 is 28.5 Å². The lowest BCUT2D eigenvalue weighted by Gasteiger charge is -2.01. The number of aromatic nitrogens is 2. The third-order valence-electron chi connectivity index (χ3n) is 3.43. The SMILES string of the molecule is CCCCCCCCCCCC[n+]1cccnc1.[I-]. The number of hydrogen-bond donors (Lipinski definition) is 0. The molecule has 0 N–H and O–H groups in total. The minimum atomic E-state index is 0. The van der Waals surface area contributed by atoms with Crippen molar-refractivity contribution in [3.05, 3.63) is 24.8 Å². The Bertz CT molecular complexity index is 277. The van der Waals surface area contributed by atoms with E-state index in [2.05, 4.69) is 22.7 Å². The molecule has 0 aromatic carbocycles. The maximum Gasteiger partial charge on any atom is 0.286 e. The van der Waals surface area contributed by atoms with Gasteiger partial charge in [0.15, 0.2) is 0 Å². The summed E-state index contributed by atoms with van der Waals surface area (Å²) in [6.45, 7) is 3.39. The van der Waals surface area contributed by atoms with Crippen LogP contribution in [0, 0.1) is 0 Å². The van der Waals surface area contributed by atoms with E-state index in [0.29, 0.717) is 0 Å². The number of rotatable bonds is 11. The highest BCUT2D eigenvalue weighted by Gasteiger charge is 1.96. The molecule has 0 aliphatic rings. The van der Waals surface area contributed by atoms with Gasteiger partial charge in [-0.2, -0.15) is 0 Å². The van der Waals surface area contributed by atoms with Crippen molar-refractivity contribution in [3.8, 4) is 0 Å². The topological polar surface area (TPSA) is 16.8 Å². The Balaban J connectivity index is 0.00000324. The maximum absolute atomic E-state index is 4.11. The van der Waals surface area contributed by atoms with Gasteiger partial charge < -0.3 is 24.0 Å². The lowest BCUT2D eigenvalue weighted by atomic mass is 10.1. The van der Waals surface area contributed by atoms with E-state index in [1.165, 1.54) is 64.2 Å². The second-order valence-electron chi connectivity index (χ2n) is 5.17. The van der Waals surface area contributed by atoms with Gasteiger partial charge in [0, 0.05) is 6.07 Å². The van der Waals surface area contributed by atoms with Crippen molar-refractivity contribution in [3.63, 3.8) is 0 Å². The third-order valence-corrected chi connectivity index (χ3v) is 3.43. The van der Waals surface area contributed by atoms with E-state index in [1.54, 1.807) is 0 Å². The van der Waals surface area contributed by atoms with E-state index in [4.69, 9.17) is 0 Å². The second-order valence-corrected chi connectivity index (χ2v) is 5.17. The van der Waals surface area contributed by atoms with Crippen LogP contribution in [-0.4, -0.2) is 4.98 Å². The molecule has 0 bridgehead atoms. The Morgan fingerprint density at radius 3 is 1.95 bits per heavy atom. The zero-order chi connectivity index (χ0) is 12.9. The molecule has 1 heterocycles. The zero-order valence-electron chi connectivity index (χ0n) is 12.4. The molecule has 0 amide bonds. The van der Waals surface area contributed by atoms with Crippen molar-refractivity contribution < 1.29 is 28.5 Å². The molecule has 0 spiro atoms. The lowest BCUT2D eigenvalue weighted by Crippen LogP contribution is -3.00. The lowest BCUT2D eigenvalue weighted by molar-refractivity contribution is -0.700. The molecular formula is C16H29IN2. The molecule has 0 aliphatic carbocycles. The van der Waals surface area contributed by atoms with E-state index in [9.17, 15) is 0 Å². The summed E-state index contributed by atoms with van der Waals surface area (Å²) in [6.07, 6.45) is 19.8. The fourth-order valence-electron chi connectivity index (χ4n) is 2.28. The average molecular weight is 376 g/mol. The van der Waals surface area contributed by atoms with Gasteiger partial charge in [0.25, 0.3) is 6.33 Å². The highest BCUT2D eigenvalue weighted by molar-refractivity contribution is 4.68. The van der Waals surface area contributed by atoms with Crippen molar-refractivity contribution in [1.29, 1.82) is 0 Å². The summed E-state index contributed by atoms with van der Waals surface area (Å²) in [7, 11) is 0. The van der Waals surface area contributed by atoms with Crippen molar-refractivity contribution in [2.24, 2.45) is 0 Å². The molecule has 1 aromatic heterocycles. The molecule has 0 radical (unpaired) electrons. The number of hydrogen-bond acceptors (Lipinski definition) is 1. The Kier molecular flexibility index (Phi) is 14.1. The molecule has 0 aliphatic heterocycles. The van der Waals surface area contributed by atoms with Crippen LogP contribution in [0.5, 0.6) is 0 Å². The summed E-state index contributed by atoms with van der Waals surface area (Å²) in [5.74, 6) is 0. The van der Waals surface area contributed by atoms with Crippen LogP contribution in [0.1, 0.15) is 71.1 Å². The summed E-state index contributed by atoms with van der Waals surface area (Å²) < 4.78 is 2.17. The normalized spacial score (nSPS) is 10.2. The first-order valence-electron chi connectivity index (χ1n) is 7.72. The van der Waals surface area contributed by atoms with Crippen LogP contribution in [0.25, 0.3) is 0 Å². The van der Waals surface area contributed by atoms with Gasteiger partial charge in [-0.15, -0.1) is 0 Å². The highest BCUT2D eigenvalue weighted by atomic mass is 127. The van der Waals surface area contributed by atoms with Gasteiger partial charge in [0.05, 0.1) is 12.7 Å². The molecule has 1 aromatic rings. The van der Waals surface area contributed by atoms with Crippen LogP contribution in [-0.2, 0) is 6.54 Å². The number of unbranched alkanes of at least 4 members (excludes halogenated alkanes) is 9. The van der Waals surface area contributed by atoms with Crippen LogP contribution in [0.2, 0.25) is 0 Å². The van der Waals surface area contributed by atoms with E-state index in [0.717, 1.165) is 6.54 Å². The number of nitrogens with zero attached hydrogens (tertiary/aromatic N) is 2. The van der Waals surface area contributed by atoms with Crippen LogP contribution in [0.3, 0.4) is 0 Å². The Hall–Kier alpha value is -0.190. The van der Waals surface area contributed by atoms with Crippen LogP contribution in [0.15, 0.2) is 24.8 Å². The molecule has 3 heteroatoms. The average Bonchev–Trinajstić information content (AvgIpc) is 2.42. The first-order chi connectivity index (χ1) is 8.93. The predicted molar refractivity (Wildman–Crippen MR) is 76.3 cm³/mol. The van der Waals surface area contributed by atoms with Gasteiger partial charge in [0.1, 0.15) is 6.20 Å². The Morgan fingerprint density at radius 1 is 0.842 bits per heavy atom. The Labute approximate surface area is 136 Å².